The lowest BCUT2D eigenvalue weighted by atomic mass is 9.83. The number of nitrogens with zero attached hydrogens (tertiary/aromatic N) is 2. The fraction of sp³-hybridized carbons (Fsp3) is 0.296. The van der Waals surface area contributed by atoms with E-state index >= 15 is 0 Å². The summed E-state index contributed by atoms with van der Waals surface area (Å²) in [5.41, 5.74) is 12.9. The van der Waals surface area contributed by atoms with Gasteiger partial charge in [-0.2, -0.15) is 4.48 Å². The van der Waals surface area contributed by atoms with Crippen molar-refractivity contribution in [2.75, 3.05) is 37.8 Å². The topological polar surface area (TPSA) is 125 Å². The van der Waals surface area contributed by atoms with Crippen LogP contribution in [0.15, 0.2) is 61.2 Å². The molecule has 0 bridgehead atoms. The highest BCUT2D eigenvalue weighted by Crippen LogP contribution is 2.49. The average Bonchev–Trinajstić information content (AvgIpc) is 3.25. The Morgan fingerprint density at radius 1 is 1.22 bits per heavy atom. The molecule has 4 rings (SSSR count). The second-order valence-corrected chi connectivity index (χ2v) is 8.84. The minimum Gasteiger partial charge on any atom is -0.370 e. The van der Waals surface area contributed by atoms with Gasteiger partial charge in [0.15, 0.2) is 0 Å². The monoisotopic (exact) mass is 489 g/mol. The lowest BCUT2D eigenvalue weighted by Gasteiger charge is -2.42. The zero-order valence-electron chi connectivity index (χ0n) is 19.9. The van der Waals surface area contributed by atoms with Crippen molar-refractivity contribution in [2.24, 2.45) is 11.5 Å². The van der Waals surface area contributed by atoms with E-state index in [1.54, 1.807) is 59.5 Å². The number of carbonyl (C=O) groups excluding carboxylic acids is 3. The highest BCUT2D eigenvalue weighted by molar-refractivity contribution is 6.00. The number of rotatable bonds is 7. The Morgan fingerprint density at radius 2 is 1.92 bits per heavy atom. The van der Waals surface area contributed by atoms with Gasteiger partial charge in [0.1, 0.15) is 24.9 Å². The maximum atomic E-state index is 13.4. The molecule has 9 nitrogen and oxygen atoms in total. The van der Waals surface area contributed by atoms with Crippen molar-refractivity contribution >= 4 is 29.2 Å². The number of urea groups is 1. The van der Waals surface area contributed by atoms with E-state index in [9.17, 15) is 14.4 Å². The maximum absolute atomic E-state index is 13.4. The second kappa shape index (κ2) is 9.95. The van der Waals surface area contributed by atoms with E-state index in [0.29, 0.717) is 35.7 Å². The van der Waals surface area contributed by atoms with Crippen LogP contribution >= 0.6 is 0 Å². The number of morpholine rings is 1. The molecule has 2 aliphatic rings. The number of primary amides is 2. The Morgan fingerprint density at radius 3 is 2.47 bits per heavy atom. The van der Waals surface area contributed by atoms with Crippen LogP contribution in [0.5, 0.6) is 0 Å². The van der Waals surface area contributed by atoms with Gasteiger partial charge in [-0.15, -0.1) is 13.0 Å². The minimum atomic E-state index is -1.57. The molecule has 36 heavy (non-hydrogen) atoms. The van der Waals surface area contributed by atoms with E-state index < -0.39 is 28.1 Å². The molecule has 2 heterocycles. The zero-order valence-corrected chi connectivity index (χ0v) is 19.9. The Kier molecular flexibility index (Phi) is 6.95. The quantitative estimate of drug-likeness (QED) is 0.348. The minimum absolute atomic E-state index is 0.00459. The molecule has 0 aliphatic carbocycles. The Bertz CT molecular complexity index is 1220. The standard InChI is InChI=1S/C27H28N4O5/c1-3-14-36-23-16-27(25(28)33,20-7-9-21(10-8-20)30-13-15-35-18-24(30)32)31(17-23,26(29)34)22-11-5-19(4-2)6-12-22/h2-3,5-12,23H,1,13-18H2,(H3-,28,29,33,34)/p+1/t23-,27-,31?/m1/s1. The van der Waals surface area contributed by atoms with Crippen LogP contribution in [0.3, 0.4) is 0 Å². The molecule has 2 fully saturated rings. The SMILES string of the molecule is C#Cc1ccc([N+]2(C(N)=O)C[C@H](OCC=C)C[C@]2(C(N)=O)c2ccc(N3CCOCC3=O)cc2)cc1. The number of anilines is 1. The molecule has 0 aromatic heterocycles. The van der Waals surface area contributed by atoms with E-state index in [1.165, 1.54) is 0 Å². The molecular weight excluding hydrogens is 460 g/mol. The van der Waals surface area contributed by atoms with Crippen LogP contribution in [0.25, 0.3) is 0 Å². The summed E-state index contributed by atoms with van der Waals surface area (Å²) in [4.78, 5) is 40.7. The molecule has 186 valence electrons. The molecule has 1 unspecified atom stereocenters. The molecular formula is C27H29N4O5+. The summed E-state index contributed by atoms with van der Waals surface area (Å²) >= 11 is 0. The molecule has 0 radical (unpaired) electrons. The first kappa shape index (κ1) is 25.1. The van der Waals surface area contributed by atoms with Crippen molar-refractivity contribution in [3.05, 3.63) is 72.3 Å². The number of quaternary nitrogens is 1. The maximum Gasteiger partial charge on any atom is 0.420 e. The first-order valence-electron chi connectivity index (χ1n) is 11.6. The highest BCUT2D eigenvalue weighted by atomic mass is 16.5. The lowest BCUT2D eigenvalue weighted by Crippen LogP contribution is -2.70. The van der Waals surface area contributed by atoms with Gasteiger partial charge in [-0.25, -0.2) is 4.79 Å². The van der Waals surface area contributed by atoms with Crippen LogP contribution in [-0.4, -0.2) is 56.9 Å². The van der Waals surface area contributed by atoms with Crippen LogP contribution in [0.1, 0.15) is 17.5 Å². The van der Waals surface area contributed by atoms with E-state index in [2.05, 4.69) is 12.5 Å². The van der Waals surface area contributed by atoms with Crippen molar-refractivity contribution in [1.29, 1.82) is 0 Å². The summed E-state index contributed by atoms with van der Waals surface area (Å²) in [7, 11) is 0. The van der Waals surface area contributed by atoms with Crippen LogP contribution in [0, 0.1) is 12.3 Å². The van der Waals surface area contributed by atoms with Gasteiger partial charge in [0.05, 0.1) is 13.2 Å². The zero-order chi connectivity index (χ0) is 25.9. The largest absolute Gasteiger partial charge is 0.420 e. The van der Waals surface area contributed by atoms with E-state index in [0.717, 1.165) is 0 Å². The molecule has 2 saturated heterocycles. The molecule has 3 atom stereocenters. The summed E-state index contributed by atoms with van der Waals surface area (Å²) in [6.45, 7) is 4.85. The van der Waals surface area contributed by atoms with Crippen molar-refractivity contribution in [1.82, 2.24) is 4.48 Å². The molecule has 4 N–H and O–H groups in total. The summed E-state index contributed by atoms with van der Waals surface area (Å²) in [5.74, 6) is 1.67. The third-order valence-electron chi connectivity index (χ3n) is 7.00. The fourth-order valence-electron chi connectivity index (χ4n) is 5.35. The Labute approximate surface area is 209 Å². The van der Waals surface area contributed by atoms with E-state index in [-0.39, 0.29) is 32.1 Å². The van der Waals surface area contributed by atoms with Crippen molar-refractivity contribution in [2.45, 2.75) is 18.1 Å². The molecule has 9 heteroatoms. The summed E-state index contributed by atoms with van der Waals surface area (Å²) in [6, 6.07) is 12.9. The fourth-order valence-corrected chi connectivity index (χ4v) is 5.35. The van der Waals surface area contributed by atoms with E-state index in [4.69, 9.17) is 27.4 Å². The average molecular weight is 490 g/mol. The van der Waals surface area contributed by atoms with Gasteiger partial charge < -0.3 is 25.8 Å². The first-order chi connectivity index (χ1) is 17.3. The number of hydrogen-bond acceptors (Lipinski definition) is 5. The van der Waals surface area contributed by atoms with Gasteiger partial charge in [-0.3, -0.25) is 9.59 Å². The lowest BCUT2D eigenvalue weighted by molar-refractivity contribution is -0.127. The highest BCUT2D eigenvalue weighted by Gasteiger charge is 2.68. The van der Waals surface area contributed by atoms with Gasteiger partial charge in [0.2, 0.25) is 5.54 Å². The van der Waals surface area contributed by atoms with Crippen LogP contribution in [-0.2, 0) is 24.6 Å². The summed E-state index contributed by atoms with van der Waals surface area (Å²) < 4.78 is 10.6. The predicted molar refractivity (Wildman–Crippen MR) is 136 cm³/mol. The number of terminal acetylenes is 1. The molecule has 2 aliphatic heterocycles. The van der Waals surface area contributed by atoms with Gasteiger partial charge in [-0.05, 0) is 24.3 Å². The summed E-state index contributed by atoms with van der Waals surface area (Å²) in [6.07, 6.45) is 6.71. The number of hydrogen-bond donors (Lipinski definition) is 2. The van der Waals surface area contributed by atoms with Gasteiger partial charge >= 0.3 is 6.03 Å². The van der Waals surface area contributed by atoms with Gasteiger partial charge in [-0.1, -0.05) is 24.1 Å². The third kappa shape index (κ3) is 3.95. The number of carbonyl (C=O) groups is 3. The molecule has 2 aromatic rings. The predicted octanol–water partition coefficient (Wildman–Crippen LogP) is 1.77. The molecule has 4 amide bonds. The van der Waals surface area contributed by atoms with E-state index in [1.807, 2.05) is 0 Å². The number of benzene rings is 2. The molecule has 2 aromatic carbocycles. The third-order valence-corrected chi connectivity index (χ3v) is 7.00. The van der Waals surface area contributed by atoms with Gasteiger partial charge in [0, 0.05) is 41.9 Å². The normalized spacial score (nSPS) is 25.8. The second-order valence-electron chi connectivity index (χ2n) is 8.84. The number of amides is 4. The molecule has 0 spiro atoms. The summed E-state index contributed by atoms with van der Waals surface area (Å²) in [5, 5.41) is 0. The molecule has 0 saturated carbocycles. The van der Waals surface area contributed by atoms with Gasteiger partial charge in [0.25, 0.3) is 11.8 Å². The van der Waals surface area contributed by atoms with Crippen LogP contribution < -0.4 is 20.9 Å². The van der Waals surface area contributed by atoms with Crippen LogP contribution in [0.4, 0.5) is 16.2 Å². The number of likely N-dealkylation sites (tertiary alicyclic amines) is 1. The van der Waals surface area contributed by atoms with Crippen molar-refractivity contribution in [3.63, 3.8) is 0 Å². The number of nitrogens with two attached hydrogens (primary N) is 2. The Hall–Kier alpha value is -3.97. The smallest absolute Gasteiger partial charge is 0.370 e. The van der Waals surface area contributed by atoms with Crippen molar-refractivity contribution < 1.29 is 23.9 Å². The first-order valence-corrected chi connectivity index (χ1v) is 11.6. The van der Waals surface area contributed by atoms with Crippen molar-refractivity contribution in [3.8, 4) is 12.3 Å². The number of ether oxygens (including phenoxy) is 2. The Balaban J connectivity index is 1.88. The van der Waals surface area contributed by atoms with Crippen LogP contribution in [0.2, 0.25) is 0 Å².